The number of carbonyl (C=O) groups excluding carboxylic acids is 1. The Balaban J connectivity index is 1.26. The quantitative estimate of drug-likeness (QED) is 0.322. The minimum atomic E-state index is -4.44. The zero-order chi connectivity index (χ0) is 27.4. The Labute approximate surface area is 238 Å². The third kappa shape index (κ3) is 7.20. The minimum Gasteiger partial charge on any atom is -0.322 e. The molecule has 9 heteroatoms. The number of rotatable bonds is 7. The Hall–Kier alpha value is -2.00. The summed E-state index contributed by atoms with van der Waals surface area (Å²) in [7, 11) is 0. The van der Waals surface area contributed by atoms with Gasteiger partial charge in [0.05, 0.1) is 10.5 Å². The van der Waals surface area contributed by atoms with Gasteiger partial charge in [0.1, 0.15) is 5.37 Å². The van der Waals surface area contributed by atoms with Crippen LogP contribution in [0.5, 0.6) is 0 Å². The van der Waals surface area contributed by atoms with Crippen molar-refractivity contribution in [2.75, 3.05) is 39.3 Å². The van der Waals surface area contributed by atoms with Crippen LogP contribution in [0.3, 0.4) is 0 Å². The van der Waals surface area contributed by atoms with Crippen molar-refractivity contribution in [3.8, 4) is 0 Å². The first-order valence-corrected chi connectivity index (χ1v) is 15.1. The van der Waals surface area contributed by atoms with Crippen LogP contribution in [-0.2, 0) is 11.0 Å². The molecule has 2 aliphatic heterocycles. The summed E-state index contributed by atoms with van der Waals surface area (Å²) in [6.07, 6.45) is 4.79. The molecule has 1 amide bonds. The highest BCUT2D eigenvalue weighted by Crippen LogP contribution is 2.47. The summed E-state index contributed by atoms with van der Waals surface area (Å²) in [4.78, 5) is 20.9. The van der Waals surface area contributed by atoms with E-state index in [1.165, 1.54) is 56.0 Å². The maximum Gasteiger partial charge on any atom is 0.416 e. The molecule has 0 aromatic heterocycles. The van der Waals surface area contributed by atoms with Crippen molar-refractivity contribution >= 4 is 35.3 Å². The molecule has 2 heterocycles. The molecule has 4 nitrogen and oxygen atoms in total. The molecule has 2 saturated heterocycles. The van der Waals surface area contributed by atoms with Crippen LogP contribution >= 0.6 is 23.4 Å². The van der Waals surface area contributed by atoms with Gasteiger partial charge >= 0.3 is 6.18 Å². The summed E-state index contributed by atoms with van der Waals surface area (Å²) in [6, 6.07) is 13.3. The van der Waals surface area contributed by atoms with Gasteiger partial charge < -0.3 is 9.80 Å². The lowest BCUT2D eigenvalue weighted by Crippen LogP contribution is -2.51. The molecule has 1 saturated carbocycles. The standard InChI is InChI=1S/C30H35ClF3N3OS/c31-25-10-4-7-22(19-25)20-27-28(38)37(29(39-27)23-8-5-9-24(21-23)30(32,33)34)14-6-13-35-15-17-36(18-16-35)26-11-2-1-3-12-26/h4-5,7-10,19-21,26,29H,1-3,6,11-18H2/b27-20+. The van der Waals surface area contributed by atoms with Gasteiger partial charge in [-0.1, -0.05) is 66.9 Å². The molecule has 2 aromatic rings. The smallest absolute Gasteiger partial charge is 0.322 e. The van der Waals surface area contributed by atoms with E-state index in [0.29, 0.717) is 22.0 Å². The number of hydrogen-bond acceptors (Lipinski definition) is 4. The lowest BCUT2D eigenvalue weighted by molar-refractivity contribution is -0.137. The molecule has 5 rings (SSSR count). The van der Waals surface area contributed by atoms with Crippen molar-refractivity contribution in [2.24, 2.45) is 0 Å². The Bertz CT molecular complexity index is 1180. The Morgan fingerprint density at radius 2 is 1.69 bits per heavy atom. The van der Waals surface area contributed by atoms with Crippen molar-refractivity contribution in [2.45, 2.75) is 56.1 Å². The monoisotopic (exact) mass is 577 g/mol. The van der Waals surface area contributed by atoms with Crippen LogP contribution in [0.25, 0.3) is 6.08 Å². The van der Waals surface area contributed by atoms with Crippen LogP contribution in [0.2, 0.25) is 5.02 Å². The van der Waals surface area contributed by atoms with Gasteiger partial charge in [0.2, 0.25) is 0 Å². The van der Waals surface area contributed by atoms with Gasteiger partial charge in [-0.25, -0.2) is 0 Å². The zero-order valence-electron chi connectivity index (χ0n) is 22.0. The van der Waals surface area contributed by atoms with Gasteiger partial charge in [-0.3, -0.25) is 9.69 Å². The van der Waals surface area contributed by atoms with Crippen LogP contribution < -0.4 is 0 Å². The van der Waals surface area contributed by atoms with Crippen LogP contribution in [0.4, 0.5) is 13.2 Å². The average molecular weight is 578 g/mol. The molecule has 0 N–H and O–H groups in total. The number of hydrogen-bond donors (Lipinski definition) is 0. The first-order valence-electron chi connectivity index (χ1n) is 13.9. The van der Waals surface area contributed by atoms with Crippen molar-refractivity contribution in [3.05, 3.63) is 75.1 Å². The molecule has 39 heavy (non-hydrogen) atoms. The fraction of sp³-hybridized carbons (Fsp3) is 0.500. The van der Waals surface area contributed by atoms with E-state index >= 15 is 0 Å². The second-order valence-electron chi connectivity index (χ2n) is 10.7. The molecular weight excluding hydrogens is 543 g/mol. The number of thioether (sulfide) groups is 1. The molecule has 0 bridgehead atoms. The molecular formula is C30H35ClF3N3OS. The first-order chi connectivity index (χ1) is 18.8. The highest BCUT2D eigenvalue weighted by molar-refractivity contribution is 8.04. The maximum absolute atomic E-state index is 13.5. The molecule has 1 aliphatic carbocycles. The second kappa shape index (κ2) is 12.7. The van der Waals surface area contributed by atoms with Crippen molar-refractivity contribution in [1.29, 1.82) is 0 Å². The summed E-state index contributed by atoms with van der Waals surface area (Å²) in [5.74, 6) is -0.149. The Kier molecular flexibility index (Phi) is 9.27. The second-order valence-corrected chi connectivity index (χ2v) is 12.2. The molecule has 2 aromatic carbocycles. The molecule has 1 unspecified atom stereocenters. The van der Waals surface area contributed by atoms with Crippen LogP contribution in [0, 0.1) is 0 Å². The van der Waals surface area contributed by atoms with Crippen LogP contribution in [-0.4, -0.2) is 65.9 Å². The number of carbonyl (C=O) groups is 1. The number of nitrogens with zero attached hydrogens (tertiary/aromatic N) is 3. The molecule has 0 radical (unpaired) electrons. The summed E-state index contributed by atoms with van der Waals surface area (Å²) in [5.41, 5.74) is 0.578. The summed E-state index contributed by atoms with van der Waals surface area (Å²) in [6.45, 7) is 5.58. The van der Waals surface area contributed by atoms with E-state index in [-0.39, 0.29) is 5.91 Å². The molecule has 0 spiro atoms. The number of benzene rings is 2. The van der Waals surface area contributed by atoms with Gasteiger partial charge in [-0.05, 0) is 67.3 Å². The zero-order valence-corrected chi connectivity index (χ0v) is 23.6. The van der Waals surface area contributed by atoms with Gasteiger partial charge in [0, 0.05) is 43.8 Å². The molecule has 3 aliphatic rings. The van der Waals surface area contributed by atoms with Gasteiger partial charge in [-0.15, -0.1) is 0 Å². The van der Waals surface area contributed by atoms with Crippen molar-refractivity contribution in [1.82, 2.24) is 14.7 Å². The van der Waals surface area contributed by atoms with Crippen LogP contribution in [0.15, 0.2) is 53.4 Å². The largest absolute Gasteiger partial charge is 0.416 e. The minimum absolute atomic E-state index is 0.149. The van der Waals surface area contributed by atoms with Gasteiger partial charge in [0.15, 0.2) is 0 Å². The lowest BCUT2D eigenvalue weighted by atomic mass is 9.94. The lowest BCUT2D eigenvalue weighted by Gasteiger charge is -2.41. The maximum atomic E-state index is 13.5. The fourth-order valence-electron chi connectivity index (χ4n) is 5.92. The average Bonchev–Trinajstić information content (AvgIpc) is 3.24. The number of alkyl halides is 3. The predicted octanol–water partition coefficient (Wildman–Crippen LogP) is 7.31. The van der Waals surface area contributed by atoms with E-state index in [0.717, 1.165) is 56.8 Å². The first kappa shape index (κ1) is 28.5. The number of piperazine rings is 1. The number of halogens is 4. The molecule has 1 atom stereocenters. The van der Waals surface area contributed by atoms with E-state index in [4.69, 9.17) is 11.6 Å². The van der Waals surface area contributed by atoms with Gasteiger partial charge in [-0.2, -0.15) is 13.2 Å². The van der Waals surface area contributed by atoms with Crippen molar-refractivity contribution < 1.29 is 18.0 Å². The SMILES string of the molecule is O=C1/C(=C\c2cccc(Cl)c2)SC(c2cccc(C(F)(F)F)c2)N1CCCN1CCN(C2CCCCC2)CC1. The molecule has 210 valence electrons. The third-order valence-electron chi connectivity index (χ3n) is 8.01. The van der Waals surface area contributed by atoms with E-state index < -0.39 is 17.1 Å². The number of amides is 1. The van der Waals surface area contributed by atoms with Gasteiger partial charge in [0.25, 0.3) is 5.91 Å². The third-order valence-corrected chi connectivity index (χ3v) is 9.54. The van der Waals surface area contributed by atoms with E-state index in [2.05, 4.69) is 9.80 Å². The molecule has 3 fully saturated rings. The predicted molar refractivity (Wildman–Crippen MR) is 152 cm³/mol. The topological polar surface area (TPSA) is 26.8 Å². The summed E-state index contributed by atoms with van der Waals surface area (Å²) >= 11 is 7.44. The highest BCUT2D eigenvalue weighted by atomic mass is 35.5. The summed E-state index contributed by atoms with van der Waals surface area (Å²) in [5, 5.41) is 0.0584. The summed E-state index contributed by atoms with van der Waals surface area (Å²) < 4.78 is 40.4. The Morgan fingerprint density at radius 1 is 0.949 bits per heavy atom. The normalized spacial score (nSPS) is 23.2. The van der Waals surface area contributed by atoms with Crippen molar-refractivity contribution in [3.63, 3.8) is 0 Å². The van der Waals surface area contributed by atoms with Crippen LogP contribution in [0.1, 0.15) is 60.6 Å². The fourth-order valence-corrected chi connectivity index (χ4v) is 7.40. The Morgan fingerprint density at radius 3 is 2.41 bits per heavy atom. The van der Waals surface area contributed by atoms with E-state index in [1.807, 2.05) is 12.1 Å². The highest BCUT2D eigenvalue weighted by Gasteiger charge is 2.38. The van der Waals surface area contributed by atoms with E-state index in [1.54, 1.807) is 29.2 Å². The van der Waals surface area contributed by atoms with E-state index in [9.17, 15) is 18.0 Å².